The average Bonchev–Trinajstić information content (AvgIpc) is 3.00. The monoisotopic (exact) mass is 379 g/mol. The van der Waals surface area contributed by atoms with Crippen LogP contribution in [0.25, 0.3) is 0 Å². The molecule has 0 saturated carbocycles. The maximum absolute atomic E-state index is 11.9. The Bertz CT molecular complexity index is 722. The molecule has 0 aliphatic carbocycles. The first-order valence-electron chi connectivity index (χ1n) is 8.07. The minimum atomic E-state index is -0.657. The fraction of sp³-hybridized carbons (Fsp3) is 0.412. The Labute approximate surface area is 155 Å². The van der Waals surface area contributed by atoms with E-state index in [4.69, 9.17) is 4.74 Å². The lowest BCUT2D eigenvalue weighted by molar-refractivity contribution is -0.148. The van der Waals surface area contributed by atoms with Crippen LogP contribution in [0.2, 0.25) is 0 Å². The van der Waals surface area contributed by atoms with Crippen molar-refractivity contribution in [2.45, 2.75) is 13.8 Å². The molecule has 0 unspecified atom stereocenters. The van der Waals surface area contributed by atoms with Crippen LogP contribution in [0, 0.1) is 13.8 Å². The Morgan fingerprint density at radius 1 is 1.23 bits per heavy atom. The fourth-order valence-electron chi connectivity index (χ4n) is 2.23. The summed E-state index contributed by atoms with van der Waals surface area (Å²) in [4.78, 5) is 47.9. The molecule has 0 bridgehead atoms. The predicted molar refractivity (Wildman–Crippen MR) is 97.9 cm³/mol. The van der Waals surface area contributed by atoms with Gasteiger partial charge in [0.1, 0.15) is 6.54 Å². The molecule has 140 valence electrons. The lowest BCUT2D eigenvalue weighted by atomic mass is 10.1. The number of aryl methyl sites for hydroxylation is 1. The molecule has 3 amide bonds. The maximum atomic E-state index is 11.9. The van der Waals surface area contributed by atoms with E-state index in [2.05, 4.69) is 10.6 Å². The largest absolute Gasteiger partial charge is 0.454 e. The third-order valence-electron chi connectivity index (χ3n) is 3.85. The van der Waals surface area contributed by atoms with E-state index in [1.807, 2.05) is 26.0 Å². The number of benzene rings is 1. The summed E-state index contributed by atoms with van der Waals surface area (Å²) in [6.07, 6.45) is 0. The van der Waals surface area contributed by atoms with Gasteiger partial charge in [0.15, 0.2) is 6.61 Å². The van der Waals surface area contributed by atoms with Gasteiger partial charge in [-0.05, 0) is 31.0 Å². The molecule has 0 aromatic heterocycles. The van der Waals surface area contributed by atoms with Crippen LogP contribution in [0.4, 0.5) is 10.5 Å². The molecule has 0 spiro atoms. The smallest absolute Gasteiger partial charge is 0.326 e. The van der Waals surface area contributed by atoms with Crippen LogP contribution >= 0.6 is 11.8 Å². The first-order chi connectivity index (χ1) is 12.4. The number of hydrogen-bond acceptors (Lipinski definition) is 6. The third kappa shape index (κ3) is 5.76. The van der Waals surface area contributed by atoms with Crippen molar-refractivity contribution in [3.63, 3.8) is 0 Å². The van der Waals surface area contributed by atoms with Crippen LogP contribution in [0.15, 0.2) is 18.2 Å². The van der Waals surface area contributed by atoms with Crippen LogP contribution in [-0.2, 0) is 19.1 Å². The van der Waals surface area contributed by atoms with Crippen molar-refractivity contribution in [2.24, 2.45) is 0 Å². The molecule has 1 saturated heterocycles. The number of ether oxygens (including phenoxy) is 1. The van der Waals surface area contributed by atoms with Crippen LogP contribution in [-0.4, -0.2) is 59.9 Å². The Kier molecular flexibility index (Phi) is 7.02. The van der Waals surface area contributed by atoms with Crippen LogP contribution < -0.4 is 10.6 Å². The molecule has 8 nitrogen and oxygen atoms in total. The van der Waals surface area contributed by atoms with Gasteiger partial charge in [-0.3, -0.25) is 19.2 Å². The second-order valence-electron chi connectivity index (χ2n) is 5.77. The van der Waals surface area contributed by atoms with Crippen molar-refractivity contribution in [1.29, 1.82) is 0 Å². The lowest BCUT2D eigenvalue weighted by Gasteiger charge is -2.13. The number of esters is 1. The second kappa shape index (κ2) is 9.23. The highest BCUT2D eigenvalue weighted by molar-refractivity contribution is 8.13. The van der Waals surface area contributed by atoms with Gasteiger partial charge >= 0.3 is 5.97 Å². The average molecular weight is 379 g/mol. The minimum Gasteiger partial charge on any atom is -0.454 e. The number of amides is 3. The van der Waals surface area contributed by atoms with Gasteiger partial charge in [0.05, 0.1) is 6.54 Å². The van der Waals surface area contributed by atoms with Crippen molar-refractivity contribution in [3.05, 3.63) is 29.3 Å². The molecule has 1 aromatic carbocycles. The molecule has 1 aliphatic rings. The molecule has 1 heterocycles. The first kappa shape index (κ1) is 19.8. The van der Waals surface area contributed by atoms with Crippen molar-refractivity contribution >= 4 is 40.5 Å². The van der Waals surface area contributed by atoms with E-state index in [0.29, 0.717) is 18.0 Å². The summed E-state index contributed by atoms with van der Waals surface area (Å²) in [7, 11) is 0. The van der Waals surface area contributed by atoms with E-state index < -0.39 is 18.5 Å². The highest BCUT2D eigenvalue weighted by Gasteiger charge is 2.24. The van der Waals surface area contributed by atoms with Gasteiger partial charge in [0.2, 0.25) is 5.91 Å². The zero-order chi connectivity index (χ0) is 19.1. The number of hydrogen-bond donors (Lipinski definition) is 2. The molecule has 9 heteroatoms. The van der Waals surface area contributed by atoms with Crippen molar-refractivity contribution in [2.75, 3.05) is 37.3 Å². The number of carbonyl (C=O) groups excluding carboxylic acids is 4. The van der Waals surface area contributed by atoms with Gasteiger partial charge in [-0.2, -0.15) is 0 Å². The normalized spacial score (nSPS) is 13.5. The highest BCUT2D eigenvalue weighted by atomic mass is 32.2. The SMILES string of the molecule is Cc1cccc(NC(=O)CNC(=O)COC(=O)CN2CCSC2=O)c1C. The number of nitrogens with zero attached hydrogens (tertiary/aromatic N) is 1. The Morgan fingerprint density at radius 2 is 2.00 bits per heavy atom. The van der Waals surface area contributed by atoms with Gasteiger partial charge in [0, 0.05) is 18.0 Å². The summed E-state index contributed by atoms with van der Waals surface area (Å²) >= 11 is 1.14. The molecule has 1 fully saturated rings. The second-order valence-corrected chi connectivity index (χ2v) is 6.82. The van der Waals surface area contributed by atoms with Gasteiger partial charge in [-0.15, -0.1) is 0 Å². The van der Waals surface area contributed by atoms with Gasteiger partial charge in [0.25, 0.3) is 11.1 Å². The van der Waals surface area contributed by atoms with Gasteiger partial charge in [-0.1, -0.05) is 23.9 Å². The van der Waals surface area contributed by atoms with Crippen LogP contribution in [0.5, 0.6) is 0 Å². The molecule has 0 atom stereocenters. The molecule has 2 N–H and O–H groups in total. The third-order valence-corrected chi connectivity index (χ3v) is 4.75. The van der Waals surface area contributed by atoms with Crippen molar-refractivity contribution < 1.29 is 23.9 Å². The van der Waals surface area contributed by atoms with Crippen molar-refractivity contribution in [1.82, 2.24) is 10.2 Å². The summed E-state index contributed by atoms with van der Waals surface area (Å²) in [6, 6.07) is 5.55. The minimum absolute atomic E-state index is 0.172. The van der Waals surface area contributed by atoms with Gasteiger partial charge < -0.3 is 20.3 Å². The van der Waals surface area contributed by atoms with Crippen LogP contribution in [0.3, 0.4) is 0 Å². The summed E-state index contributed by atoms with van der Waals surface area (Å²) in [5.74, 6) is -0.979. The lowest BCUT2D eigenvalue weighted by Crippen LogP contribution is -2.37. The molecule has 1 aromatic rings. The summed E-state index contributed by atoms with van der Waals surface area (Å²) in [5, 5.41) is 4.93. The summed E-state index contributed by atoms with van der Waals surface area (Å²) < 4.78 is 4.81. The Hall–Kier alpha value is -2.55. The van der Waals surface area contributed by atoms with Crippen molar-refractivity contribution in [3.8, 4) is 0 Å². The Balaban J connectivity index is 1.67. The topological polar surface area (TPSA) is 105 Å². The summed E-state index contributed by atoms with van der Waals surface area (Å²) in [5.41, 5.74) is 2.69. The number of rotatable bonds is 7. The van der Waals surface area contributed by atoms with Crippen LogP contribution in [0.1, 0.15) is 11.1 Å². The number of anilines is 1. The summed E-state index contributed by atoms with van der Waals surface area (Å²) in [6.45, 7) is 3.42. The standard InChI is InChI=1S/C17H21N3O5S/c1-11-4-3-5-13(12(11)2)19-14(21)8-18-15(22)10-25-16(23)9-20-6-7-26-17(20)24/h3-5H,6-10H2,1-2H3,(H,18,22)(H,19,21). The molecule has 2 rings (SSSR count). The zero-order valence-corrected chi connectivity index (χ0v) is 15.5. The van der Waals surface area contributed by atoms with Gasteiger partial charge in [-0.25, -0.2) is 0 Å². The van der Waals surface area contributed by atoms with E-state index in [1.165, 1.54) is 4.90 Å². The Morgan fingerprint density at radius 3 is 2.69 bits per heavy atom. The first-order valence-corrected chi connectivity index (χ1v) is 9.05. The van der Waals surface area contributed by atoms with E-state index in [9.17, 15) is 19.2 Å². The molecule has 1 aliphatic heterocycles. The number of thioether (sulfide) groups is 1. The van der Waals surface area contributed by atoms with E-state index >= 15 is 0 Å². The molecular weight excluding hydrogens is 358 g/mol. The van der Waals surface area contributed by atoms with E-state index in [1.54, 1.807) is 6.07 Å². The quantitative estimate of drug-likeness (QED) is 0.687. The molecular formula is C17H21N3O5S. The van der Waals surface area contributed by atoms with E-state index in [0.717, 1.165) is 22.9 Å². The fourth-order valence-corrected chi connectivity index (χ4v) is 3.05. The number of carbonyl (C=O) groups is 4. The number of nitrogens with one attached hydrogen (secondary N) is 2. The zero-order valence-electron chi connectivity index (χ0n) is 14.7. The van der Waals surface area contributed by atoms with E-state index in [-0.39, 0.29) is 24.2 Å². The molecule has 26 heavy (non-hydrogen) atoms. The molecule has 0 radical (unpaired) electrons. The highest BCUT2D eigenvalue weighted by Crippen LogP contribution is 2.18. The maximum Gasteiger partial charge on any atom is 0.326 e. The predicted octanol–water partition coefficient (Wildman–Crippen LogP) is 1.07.